The minimum absolute atomic E-state index is 0.187. The lowest BCUT2D eigenvalue weighted by molar-refractivity contribution is -0.133. The zero-order chi connectivity index (χ0) is 17.1. The van der Waals surface area contributed by atoms with Crippen LogP contribution in [-0.4, -0.2) is 42.5 Å². The maximum atomic E-state index is 12.8. The number of phenols is 1. The Morgan fingerprint density at radius 3 is 2.92 bits per heavy atom. The summed E-state index contributed by atoms with van der Waals surface area (Å²) in [4.78, 5) is 15.3. The molecule has 3 aliphatic rings. The number of phenolic OH excluding ortho intramolecular Hbond substituents is 1. The van der Waals surface area contributed by atoms with Gasteiger partial charge in [0, 0.05) is 29.4 Å². The second kappa shape index (κ2) is 5.48. The molecular formula is C20H27NO3. The lowest BCUT2D eigenvalue weighted by Gasteiger charge is -2.59. The van der Waals surface area contributed by atoms with Crippen LogP contribution in [0, 0.1) is 11.8 Å². The van der Waals surface area contributed by atoms with Crippen LogP contribution in [0.15, 0.2) is 12.1 Å². The Morgan fingerprint density at radius 2 is 2.21 bits per heavy atom. The largest absolute Gasteiger partial charge is 0.504 e. The second-order valence-corrected chi connectivity index (χ2v) is 7.90. The molecule has 0 unspecified atom stereocenters. The SMILES string of the molecule is CC[C@@H]1C[C@H]2[C@@H]3Cc4ccc(OC)c(O)c4[C@@]2(CCN3C)CC1=O. The molecule has 1 aromatic rings. The number of Topliss-reactive ketones (excluding diaryl/α,β-unsaturated/α-hetero) is 1. The van der Waals surface area contributed by atoms with Gasteiger partial charge in [0.25, 0.3) is 0 Å². The number of carbonyl (C=O) groups is 1. The number of hydrogen-bond acceptors (Lipinski definition) is 4. The number of hydrogen-bond donors (Lipinski definition) is 1. The fraction of sp³-hybridized carbons (Fsp3) is 0.650. The fourth-order valence-corrected chi connectivity index (χ4v) is 5.72. The van der Waals surface area contributed by atoms with E-state index in [2.05, 4.69) is 24.9 Å². The predicted molar refractivity (Wildman–Crippen MR) is 92.6 cm³/mol. The number of rotatable bonds is 2. The zero-order valence-electron chi connectivity index (χ0n) is 14.8. The predicted octanol–water partition coefficient (Wildman–Crippen LogP) is 2.90. The number of likely N-dealkylation sites (tertiary alicyclic amines) is 1. The fourth-order valence-electron chi connectivity index (χ4n) is 5.72. The molecule has 2 fully saturated rings. The lowest BCUT2D eigenvalue weighted by atomic mass is 9.50. The minimum atomic E-state index is -0.202. The van der Waals surface area contributed by atoms with Crippen LogP contribution in [-0.2, 0) is 16.6 Å². The third-order valence-electron chi connectivity index (χ3n) is 7.00. The number of benzene rings is 1. The number of ketones is 1. The molecule has 1 aliphatic heterocycles. The Hall–Kier alpha value is -1.55. The highest BCUT2D eigenvalue weighted by molar-refractivity contribution is 5.84. The van der Waals surface area contributed by atoms with E-state index < -0.39 is 0 Å². The molecule has 0 radical (unpaired) electrons. The van der Waals surface area contributed by atoms with Crippen molar-refractivity contribution in [2.24, 2.45) is 11.8 Å². The van der Waals surface area contributed by atoms with Crippen LogP contribution in [0.5, 0.6) is 11.5 Å². The maximum Gasteiger partial charge on any atom is 0.161 e. The zero-order valence-corrected chi connectivity index (χ0v) is 14.8. The highest BCUT2D eigenvalue weighted by Crippen LogP contribution is 2.59. The van der Waals surface area contributed by atoms with E-state index in [-0.39, 0.29) is 17.1 Å². The van der Waals surface area contributed by atoms with E-state index in [0.29, 0.717) is 29.9 Å². The van der Waals surface area contributed by atoms with Gasteiger partial charge >= 0.3 is 0 Å². The normalized spacial score (nSPS) is 35.3. The van der Waals surface area contributed by atoms with Gasteiger partial charge in [0.2, 0.25) is 0 Å². The summed E-state index contributed by atoms with van der Waals surface area (Å²) in [5.41, 5.74) is 2.01. The number of ether oxygens (including phenoxy) is 1. The number of nitrogens with zero attached hydrogens (tertiary/aromatic N) is 1. The summed E-state index contributed by atoms with van der Waals surface area (Å²) in [6.07, 6.45) is 4.37. The lowest BCUT2D eigenvalue weighted by Crippen LogP contribution is -2.62. The second-order valence-electron chi connectivity index (χ2n) is 7.90. The monoisotopic (exact) mass is 329 g/mol. The number of piperidine rings is 1. The van der Waals surface area contributed by atoms with E-state index in [1.54, 1.807) is 7.11 Å². The standard InChI is InChI=1S/C20H27NO3/c1-4-12-9-14-15-10-13-5-6-17(24-3)19(23)18(13)20(14,11-16(12)22)7-8-21(15)2/h5-6,12,14-15,23H,4,7-11H2,1-3H3/t12-,14+,15+,20+/m1/s1. The van der Waals surface area contributed by atoms with E-state index in [0.717, 1.165) is 37.8 Å². The minimum Gasteiger partial charge on any atom is -0.504 e. The first kappa shape index (κ1) is 15.9. The third-order valence-corrected chi connectivity index (χ3v) is 7.00. The number of fused-ring (bicyclic) bond motifs is 1. The van der Waals surface area contributed by atoms with Gasteiger partial charge in [-0.05, 0) is 56.8 Å². The highest BCUT2D eigenvalue weighted by atomic mass is 16.5. The van der Waals surface area contributed by atoms with Crippen LogP contribution in [0.2, 0.25) is 0 Å². The molecule has 1 saturated heterocycles. The van der Waals surface area contributed by atoms with Crippen molar-refractivity contribution in [3.63, 3.8) is 0 Å². The summed E-state index contributed by atoms with van der Waals surface area (Å²) in [6.45, 7) is 3.11. The van der Waals surface area contributed by atoms with Crippen LogP contribution in [0.25, 0.3) is 0 Å². The molecule has 1 saturated carbocycles. The average molecular weight is 329 g/mol. The van der Waals surface area contributed by atoms with E-state index in [9.17, 15) is 9.90 Å². The van der Waals surface area contributed by atoms with E-state index >= 15 is 0 Å². The maximum absolute atomic E-state index is 12.8. The van der Waals surface area contributed by atoms with Crippen LogP contribution in [0.1, 0.15) is 43.7 Å². The molecule has 2 bridgehead atoms. The molecular weight excluding hydrogens is 302 g/mol. The molecule has 24 heavy (non-hydrogen) atoms. The smallest absolute Gasteiger partial charge is 0.161 e. The Kier molecular flexibility index (Phi) is 3.64. The van der Waals surface area contributed by atoms with Crippen LogP contribution >= 0.6 is 0 Å². The molecule has 0 aromatic heterocycles. The molecule has 0 spiro atoms. The van der Waals surface area contributed by atoms with Gasteiger partial charge in [0.15, 0.2) is 11.5 Å². The van der Waals surface area contributed by atoms with Crippen molar-refractivity contribution in [3.8, 4) is 11.5 Å². The first-order valence-corrected chi connectivity index (χ1v) is 9.14. The first-order chi connectivity index (χ1) is 11.5. The van der Waals surface area contributed by atoms with Crippen LogP contribution in [0.3, 0.4) is 0 Å². The van der Waals surface area contributed by atoms with Crippen molar-refractivity contribution in [1.82, 2.24) is 4.90 Å². The topological polar surface area (TPSA) is 49.8 Å². The summed E-state index contributed by atoms with van der Waals surface area (Å²) < 4.78 is 5.37. The molecule has 4 rings (SSSR count). The number of carbonyl (C=O) groups excluding carboxylic acids is 1. The Labute approximate surface area is 143 Å². The average Bonchev–Trinajstić information content (AvgIpc) is 2.57. The van der Waals surface area contributed by atoms with Gasteiger partial charge in [-0.25, -0.2) is 0 Å². The number of likely N-dealkylation sites (N-methyl/N-ethyl adjacent to an activating group) is 1. The first-order valence-electron chi connectivity index (χ1n) is 9.14. The van der Waals surface area contributed by atoms with Gasteiger partial charge in [-0.2, -0.15) is 0 Å². The van der Waals surface area contributed by atoms with Crippen molar-refractivity contribution in [3.05, 3.63) is 23.3 Å². The van der Waals surface area contributed by atoms with Crippen molar-refractivity contribution >= 4 is 5.78 Å². The van der Waals surface area contributed by atoms with Crippen molar-refractivity contribution in [2.45, 2.75) is 50.5 Å². The van der Waals surface area contributed by atoms with Crippen LogP contribution < -0.4 is 4.74 Å². The van der Waals surface area contributed by atoms with Gasteiger partial charge in [-0.3, -0.25) is 4.79 Å². The summed E-state index contributed by atoms with van der Waals surface area (Å²) >= 11 is 0. The summed E-state index contributed by atoms with van der Waals surface area (Å²) in [5, 5.41) is 10.9. The Balaban J connectivity index is 1.91. The van der Waals surface area contributed by atoms with Gasteiger partial charge in [0.05, 0.1) is 7.11 Å². The van der Waals surface area contributed by atoms with E-state index in [1.807, 2.05) is 6.07 Å². The van der Waals surface area contributed by atoms with Gasteiger partial charge < -0.3 is 14.7 Å². The third kappa shape index (κ3) is 1.98. The van der Waals surface area contributed by atoms with Crippen LogP contribution in [0.4, 0.5) is 0 Å². The molecule has 4 nitrogen and oxygen atoms in total. The molecule has 1 aromatic carbocycles. The molecule has 4 heteroatoms. The molecule has 4 atom stereocenters. The van der Waals surface area contributed by atoms with E-state index in [4.69, 9.17) is 4.74 Å². The van der Waals surface area contributed by atoms with Crippen molar-refractivity contribution in [1.29, 1.82) is 0 Å². The van der Waals surface area contributed by atoms with E-state index in [1.165, 1.54) is 5.56 Å². The van der Waals surface area contributed by atoms with Gasteiger partial charge in [-0.1, -0.05) is 13.0 Å². The number of methoxy groups -OCH3 is 1. The summed E-state index contributed by atoms with van der Waals surface area (Å²) in [5.74, 6) is 1.82. The summed E-state index contributed by atoms with van der Waals surface area (Å²) in [6, 6.07) is 4.43. The van der Waals surface area contributed by atoms with Gasteiger partial charge in [0.1, 0.15) is 5.78 Å². The Morgan fingerprint density at radius 1 is 1.42 bits per heavy atom. The molecule has 2 aliphatic carbocycles. The van der Waals surface area contributed by atoms with Crippen molar-refractivity contribution < 1.29 is 14.6 Å². The highest BCUT2D eigenvalue weighted by Gasteiger charge is 2.57. The molecule has 0 amide bonds. The molecule has 1 heterocycles. The Bertz CT molecular complexity index is 686. The number of aromatic hydroxyl groups is 1. The van der Waals surface area contributed by atoms with Gasteiger partial charge in [-0.15, -0.1) is 0 Å². The quantitative estimate of drug-likeness (QED) is 0.906. The molecule has 1 N–H and O–H groups in total. The van der Waals surface area contributed by atoms with Crippen molar-refractivity contribution in [2.75, 3.05) is 20.7 Å². The summed E-state index contributed by atoms with van der Waals surface area (Å²) in [7, 11) is 3.80. The molecule has 130 valence electrons.